The fourth-order valence-corrected chi connectivity index (χ4v) is 1.79. The lowest BCUT2D eigenvalue weighted by atomic mass is 10.2. The molecular formula is C15H14FN5O2. The molecular weight excluding hydrogens is 301 g/mol. The molecule has 2 aromatic rings. The van der Waals surface area contributed by atoms with Crippen molar-refractivity contribution in [3.05, 3.63) is 47.2 Å². The smallest absolute Gasteiger partial charge is 0.270 e. The molecule has 0 radical (unpaired) electrons. The number of carbonyl (C=O) groups is 1. The number of ether oxygens (including phenoxy) is 1. The van der Waals surface area contributed by atoms with Gasteiger partial charge in [-0.2, -0.15) is 9.65 Å². The van der Waals surface area contributed by atoms with E-state index < -0.39 is 11.9 Å². The standard InChI is InChI=1S/C15H14FN5O2/c1-2-23-15-10(6-17)11(18)5-12(21-15)14(22)20-8-9-3-4-13(16)19-7-9/h3-5,7H,2,8H2,1H3,(H2,18,21)(H,20,22). The van der Waals surface area contributed by atoms with E-state index in [1.165, 1.54) is 24.4 Å². The van der Waals surface area contributed by atoms with Crippen LogP contribution in [0.15, 0.2) is 24.4 Å². The number of hydrogen-bond acceptors (Lipinski definition) is 6. The second-order valence-corrected chi connectivity index (χ2v) is 4.49. The van der Waals surface area contributed by atoms with Crippen molar-refractivity contribution in [1.82, 2.24) is 15.3 Å². The molecule has 23 heavy (non-hydrogen) atoms. The van der Waals surface area contributed by atoms with Crippen LogP contribution in [0.4, 0.5) is 10.1 Å². The molecule has 8 heteroatoms. The number of pyridine rings is 2. The molecule has 0 unspecified atom stereocenters. The molecule has 7 nitrogen and oxygen atoms in total. The van der Waals surface area contributed by atoms with Gasteiger partial charge in [0.1, 0.15) is 17.3 Å². The fraction of sp³-hybridized carbons (Fsp3) is 0.200. The number of amides is 1. The highest BCUT2D eigenvalue weighted by Crippen LogP contribution is 2.22. The molecule has 0 aliphatic heterocycles. The van der Waals surface area contributed by atoms with Gasteiger partial charge in [0.05, 0.1) is 12.3 Å². The minimum absolute atomic E-state index is 0.0172. The Morgan fingerprint density at radius 1 is 1.52 bits per heavy atom. The van der Waals surface area contributed by atoms with Crippen LogP contribution in [0.5, 0.6) is 5.88 Å². The summed E-state index contributed by atoms with van der Waals surface area (Å²) in [5, 5.41) is 11.7. The average molecular weight is 315 g/mol. The molecule has 0 fully saturated rings. The second kappa shape index (κ2) is 7.17. The normalized spacial score (nSPS) is 9.96. The van der Waals surface area contributed by atoms with E-state index in [9.17, 15) is 9.18 Å². The number of anilines is 1. The van der Waals surface area contributed by atoms with Gasteiger partial charge in [0.2, 0.25) is 11.8 Å². The molecule has 0 bridgehead atoms. The fourth-order valence-electron chi connectivity index (χ4n) is 1.79. The van der Waals surface area contributed by atoms with E-state index in [1.807, 2.05) is 6.07 Å². The van der Waals surface area contributed by atoms with E-state index in [0.29, 0.717) is 5.56 Å². The molecule has 0 spiro atoms. The Labute approximate surface area is 131 Å². The first kappa shape index (κ1) is 16.2. The van der Waals surface area contributed by atoms with Crippen molar-refractivity contribution in [3.8, 4) is 11.9 Å². The highest BCUT2D eigenvalue weighted by atomic mass is 19.1. The number of nitriles is 1. The summed E-state index contributed by atoms with van der Waals surface area (Å²) in [7, 11) is 0. The zero-order valence-corrected chi connectivity index (χ0v) is 12.3. The minimum Gasteiger partial charge on any atom is -0.477 e. The zero-order chi connectivity index (χ0) is 16.8. The van der Waals surface area contributed by atoms with Gasteiger partial charge in [0.15, 0.2) is 0 Å². The summed E-state index contributed by atoms with van der Waals surface area (Å²) in [4.78, 5) is 19.6. The molecule has 0 aliphatic carbocycles. The van der Waals surface area contributed by atoms with Crippen LogP contribution in [0.2, 0.25) is 0 Å². The lowest BCUT2D eigenvalue weighted by molar-refractivity contribution is 0.0945. The molecule has 2 rings (SSSR count). The summed E-state index contributed by atoms with van der Waals surface area (Å²) in [6.07, 6.45) is 1.32. The van der Waals surface area contributed by atoms with Crippen molar-refractivity contribution < 1.29 is 13.9 Å². The van der Waals surface area contributed by atoms with Crippen molar-refractivity contribution in [2.24, 2.45) is 0 Å². The summed E-state index contributed by atoms with van der Waals surface area (Å²) in [6.45, 7) is 2.17. The average Bonchev–Trinajstić information content (AvgIpc) is 2.54. The quantitative estimate of drug-likeness (QED) is 0.806. The first-order chi connectivity index (χ1) is 11.0. The number of carbonyl (C=O) groups excluding carboxylic acids is 1. The summed E-state index contributed by atoms with van der Waals surface area (Å²) < 4.78 is 18.0. The van der Waals surface area contributed by atoms with E-state index in [0.717, 1.165) is 0 Å². The molecule has 0 saturated carbocycles. The number of halogens is 1. The third-order valence-corrected chi connectivity index (χ3v) is 2.88. The van der Waals surface area contributed by atoms with Gasteiger partial charge in [-0.05, 0) is 24.6 Å². The van der Waals surface area contributed by atoms with Crippen LogP contribution in [0.25, 0.3) is 0 Å². The van der Waals surface area contributed by atoms with Crippen LogP contribution in [-0.2, 0) is 6.54 Å². The first-order valence-corrected chi connectivity index (χ1v) is 6.77. The van der Waals surface area contributed by atoms with Crippen molar-refractivity contribution in [2.75, 3.05) is 12.3 Å². The maximum atomic E-state index is 12.7. The molecule has 0 aromatic carbocycles. The van der Waals surface area contributed by atoms with Gasteiger partial charge in [-0.15, -0.1) is 0 Å². The molecule has 2 heterocycles. The van der Waals surface area contributed by atoms with Crippen LogP contribution < -0.4 is 15.8 Å². The third-order valence-electron chi connectivity index (χ3n) is 2.88. The molecule has 0 aliphatic rings. The number of hydrogen-bond donors (Lipinski definition) is 2. The van der Waals surface area contributed by atoms with Gasteiger partial charge in [-0.1, -0.05) is 6.07 Å². The van der Waals surface area contributed by atoms with Gasteiger partial charge < -0.3 is 15.8 Å². The first-order valence-electron chi connectivity index (χ1n) is 6.77. The van der Waals surface area contributed by atoms with Crippen molar-refractivity contribution in [1.29, 1.82) is 5.26 Å². The number of nitrogen functional groups attached to an aromatic ring is 1. The monoisotopic (exact) mass is 315 g/mol. The SMILES string of the molecule is CCOc1nc(C(=O)NCc2ccc(F)nc2)cc(N)c1C#N. The largest absolute Gasteiger partial charge is 0.477 e. The maximum absolute atomic E-state index is 12.7. The van der Waals surface area contributed by atoms with Crippen molar-refractivity contribution in [3.63, 3.8) is 0 Å². The number of nitrogens with zero attached hydrogens (tertiary/aromatic N) is 3. The maximum Gasteiger partial charge on any atom is 0.270 e. The number of nitrogens with two attached hydrogens (primary N) is 1. The lowest BCUT2D eigenvalue weighted by Gasteiger charge is -2.10. The van der Waals surface area contributed by atoms with Gasteiger partial charge >= 0.3 is 0 Å². The summed E-state index contributed by atoms with van der Waals surface area (Å²) >= 11 is 0. The predicted molar refractivity (Wildman–Crippen MR) is 79.9 cm³/mol. The molecule has 2 aromatic heterocycles. The second-order valence-electron chi connectivity index (χ2n) is 4.49. The van der Waals surface area contributed by atoms with E-state index in [4.69, 9.17) is 15.7 Å². The molecule has 118 valence electrons. The highest BCUT2D eigenvalue weighted by molar-refractivity contribution is 5.93. The Kier molecular flexibility index (Phi) is 5.04. The van der Waals surface area contributed by atoms with E-state index in [2.05, 4.69) is 15.3 Å². The Bertz CT molecular complexity index is 756. The molecule has 0 saturated heterocycles. The van der Waals surface area contributed by atoms with E-state index >= 15 is 0 Å². The van der Waals surface area contributed by atoms with Crippen LogP contribution >= 0.6 is 0 Å². The van der Waals surface area contributed by atoms with Crippen molar-refractivity contribution >= 4 is 11.6 Å². The zero-order valence-electron chi connectivity index (χ0n) is 12.3. The summed E-state index contributed by atoms with van der Waals surface area (Å²) in [6, 6.07) is 5.90. The van der Waals surface area contributed by atoms with Gasteiger partial charge in [-0.3, -0.25) is 4.79 Å². The number of rotatable bonds is 5. The number of nitrogens with one attached hydrogen (secondary N) is 1. The third kappa shape index (κ3) is 3.91. The lowest BCUT2D eigenvalue weighted by Crippen LogP contribution is -2.24. The Morgan fingerprint density at radius 3 is 2.91 bits per heavy atom. The topological polar surface area (TPSA) is 114 Å². The predicted octanol–water partition coefficient (Wildman–Crippen LogP) is 1.40. The summed E-state index contributed by atoms with van der Waals surface area (Å²) in [5.74, 6) is -1.07. The number of aromatic nitrogens is 2. The van der Waals surface area contributed by atoms with Gasteiger partial charge in [-0.25, -0.2) is 9.97 Å². The van der Waals surface area contributed by atoms with Crippen LogP contribution in [-0.4, -0.2) is 22.5 Å². The molecule has 1 amide bonds. The van der Waals surface area contributed by atoms with Crippen LogP contribution in [0, 0.1) is 17.3 Å². The van der Waals surface area contributed by atoms with Crippen molar-refractivity contribution in [2.45, 2.75) is 13.5 Å². The van der Waals surface area contributed by atoms with E-state index in [-0.39, 0.29) is 36.0 Å². The van der Waals surface area contributed by atoms with Gasteiger partial charge in [0, 0.05) is 12.7 Å². The minimum atomic E-state index is -0.594. The van der Waals surface area contributed by atoms with E-state index in [1.54, 1.807) is 6.92 Å². The van der Waals surface area contributed by atoms with Gasteiger partial charge in [0.25, 0.3) is 5.91 Å². The van der Waals surface area contributed by atoms with Crippen LogP contribution in [0.3, 0.4) is 0 Å². The summed E-state index contributed by atoms with van der Waals surface area (Å²) in [5.41, 5.74) is 6.61. The highest BCUT2D eigenvalue weighted by Gasteiger charge is 2.16. The Morgan fingerprint density at radius 2 is 2.30 bits per heavy atom. The van der Waals surface area contributed by atoms with Crippen LogP contribution in [0.1, 0.15) is 28.5 Å². The molecule has 3 N–H and O–H groups in total. The Balaban J connectivity index is 2.15. The molecule has 0 atom stereocenters. The Hall–Kier alpha value is -3.21.